The Morgan fingerprint density at radius 1 is 1.64 bits per heavy atom. The minimum Gasteiger partial charge on any atom is -0.491 e. The molecule has 0 bridgehead atoms. The molecular formula is C10H11BrN2O. The van der Waals surface area contributed by atoms with Crippen LogP contribution in [0.5, 0.6) is 5.75 Å². The normalized spacial score (nSPS) is 11.9. The predicted molar refractivity (Wildman–Crippen MR) is 58.0 cm³/mol. The van der Waals surface area contributed by atoms with E-state index in [0.717, 1.165) is 4.47 Å². The molecule has 1 rings (SSSR count). The van der Waals surface area contributed by atoms with Crippen molar-refractivity contribution in [2.24, 2.45) is 5.73 Å². The second-order valence-electron chi connectivity index (χ2n) is 3.04. The highest BCUT2D eigenvalue weighted by molar-refractivity contribution is 9.10. The molecule has 3 nitrogen and oxygen atoms in total. The van der Waals surface area contributed by atoms with Gasteiger partial charge in [0.1, 0.15) is 18.4 Å². The number of rotatable bonds is 3. The topological polar surface area (TPSA) is 59.0 Å². The van der Waals surface area contributed by atoms with Gasteiger partial charge in [0.2, 0.25) is 0 Å². The fourth-order valence-corrected chi connectivity index (χ4v) is 1.27. The van der Waals surface area contributed by atoms with Crippen molar-refractivity contribution < 1.29 is 4.74 Å². The van der Waals surface area contributed by atoms with Gasteiger partial charge in [-0.3, -0.25) is 0 Å². The van der Waals surface area contributed by atoms with E-state index in [4.69, 9.17) is 15.7 Å². The van der Waals surface area contributed by atoms with Crippen molar-refractivity contribution in [2.45, 2.75) is 13.0 Å². The molecule has 0 aromatic heterocycles. The molecule has 0 fully saturated rings. The summed E-state index contributed by atoms with van der Waals surface area (Å²) in [6, 6.07) is 7.30. The highest BCUT2D eigenvalue weighted by Crippen LogP contribution is 2.22. The van der Waals surface area contributed by atoms with E-state index in [1.165, 1.54) is 0 Å². The molecule has 1 unspecified atom stereocenters. The summed E-state index contributed by atoms with van der Waals surface area (Å²) in [5, 5.41) is 8.80. The molecule has 0 heterocycles. The van der Waals surface area contributed by atoms with Gasteiger partial charge in [-0.2, -0.15) is 5.26 Å². The second kappa shape index (κ2) is 4.99. The summed E-state index contributed by atoms with van der Waals surface area (Å²) in [4.78, 5) is 0. The van der Waals surface area contributed by atoms with Crippen LogP contribution >= 0.6 is 15.9 Å². The fraction of sp³-hybridized carbons (Fsp3) is 0.300. The minimum atomic E-state index is -0.0412. The summed E-state index contributed by atoms with van der Waals surface area (Å²) in [6.07, 6.45) is 0. The summed E-state index contributed by atoms with van der Waals surface area (Å²) >= 11 is 3.31. The van der Waals surface area contributed by atoms with Crippen LogP contribution in [0.15, 0.2) is 22.7 Å². The van der Waals surface area contributed by atoms with Gasteiger partial charge in [-0.05, 0) is 25.1 Å². The smallest absolute Gasteiger partial charge is 0.138 e. The van der Waals surface area contributed by atoms with E-state index in [1.807, 2.05) is 6.92 Å². The van der Waals surface area contributed by atoms with Crippen molar-refractivity contribution >= 4 is 15.9 Å². The van der Waals surface area contributed by atoms with Crippen LogP contribution in [0, 0.1) is 11.3 Å². The van der Waals surface area contributed by atoms with Crippen LogP contribution < -0.4 is 10.5 Å². The number of nitrogens with two attached hydrogens (primary N) is 1. The largest absolute Gasteiger partial charge is 0.491 e. The van der Waals surface area contributed by atoms with E-state index >= 15 is 0 Å². The molecule has 0 aliphatic rings. The predicted octanol–water partition coefficient (Wildman–Crippen LogP) is 2.05. The maximum absolute atomic E-state index is 8.80. The second-order valence-corrected chi connectivity index (χ2v) is 3.96. The maximum Gasteiger partial charge on any atom is 0.138 e. The van der Waals surface area contributed by atoms with Crippen LogP contribution in [0.2, 0.25) is 0 Å². The van der Waals surface area contributed by atoms with Crippen LogP contribution in [-0.2, 0) is 0 Å². The number of benzene rings is 1. The Kier molecular flexibility index (Phi) is 3.93. The summed E-state index contributed by atoms with van der Waals surface area (Å²) in [5.41, 5.74) is 6.07. The van der Waals surface area contributed by atoms with Crippen molar-refractivity contribution in [3.8, 4) is 11.8 Å². The van der Waals surface area contributed by atoms with Gasteiger partial charge in [-0.1, -0.05) is 15.9 Å². The Hall–Kier alpha value is -1.05. The highest BCUT2D eigenvalue weighted by atomic mass is 79.9. The third-order valence-corrected chi connectivity index (χ3v) is 2.06. The average Bonchev–Trinajstić information content (AvgIpc) is 2.15. The summed E-state index contributed by atoms with van der Waals surface area (Å²) < 4.78 is 6.28. The molecule has 1 atom stereocenters. The molecule has 74 valence electrons. The van der Waals surface area contributed by atoms with Gasteiger partial charge in [0.25, 0.3) is 0 Å². The zero-order valence-electron chi connectivity index (χ0n) is 7.83. The standard InChI is InChI=1S/C10H11BrN2O/c1-7(13)6-14-10-4-9(11)3-2-8(10)5-12/h2-4,7H,6,13H2,1H3. The monoisotopic (exact) mass is 254 g/mol. The van der Waals surface area contributed by atoms with Crippen molar-refractivity contribution in [3.05, 3.63) is 28.2 Å². The third-order valence-electron chi connectivity index (χ3n) is 1.57. The molecular weight excluding hydrogens is 244 g/mol. The highest BCUT2D eigenvalue weighted by Gasteiger charge is 2.04. The van der Waals surface area contributed by atoms with Gasteiger partial charge >= 0.3 is 0 Å². The summed E-state index contributed by atoms with van der Waals surface area (Å²) in [6.45, 7) is 2.26. The third kappa shape index (κ3) is 3.02. The quantitative estimate of drug-likeness (QED) is 0.899. The first-order valence-corrected chi connectivity index (χ1v) is 5.01. The lowest BCUT2D eigenvalue weighted by molar-refractivity contribution is 0.295. The summed E-state index contributed by atoms with van der Waals surface area (Å²) in [7, 11) is 0. The van der Waals surface area contributed by atoms with Crippen LogP contribution in [0.1, 0.15) is 12.5 Å². The zero-order valence-corrected chi connectivity index (χ0v) is 9.41. The Balaban J connectivity index is 2.84. The van der Waals surface area contributed by atoms with Crippen LogP contribution in [0.4, 0.5) is 0 Å². The van der Waals surface area contributed by atoms with Crippen molar-refractivity contribution in [3.63, 3.8) is 0 Å². The van der Waals surface area contributed by atoms with E-state index in [1.54, 1.807) is 18.2 Å². The Labute approximate surface area is 91.6 Å². The molecule has 0 spiro atoms. The molecule has 4 heteroatoms. The van der Waals surface area contributed by atoms with Gasteiger partial charge in [0.05, 0.1) is 5.56 Å². The fourth-order valence-electron chi connectivity index (χ4n) is 0.929. The molecule has 0 aliphatic carbocycles. The van der Waals surface area contributed by atoms with E-state index in [0.29, 0.717) is 17.9 Å². The number of ether oxygens (including phenoxy) is 1. The van der Waals surface area contributed by atoms with Crippen molar-refractivity contribution in [1.82, 2.24) is 0 Å². The van der Waals surface area contributed by atoms with Gasteiger partial charge < -0.3 is 10.5 Å². The first-order valence-electron chi connectivity index (χ1n) is 4.21. The molecule has 0 saturated carbocycles. The molecule has 0 radical (unpaired) electrons. The van der Waals surface area contributed by atoms with Crippen molar-refractivity contribution in [1.29, 1.82) is 5.26 Å². The van der Waals surface area contributed by atoms with E-state index in [2.05, 4.69) is 22.0 Å². The SMILES string of the molecule is CC(N)COc1cc(Br)ccc1C#N. The molecule has 1 aromatic carbocycles. The number of nitrogens with zero attached hydrogens (tertiary/aromatic N) is 1. The molecule has 0 saturated heterocycles. The van der Waals surface area contributed by atoms with Gasteiger partial charge in [-0.25, -0.2) is 0 Å². The van der Waals surface area contributed by atoms with Crippen LogP contribution in [0.3, 0.4) is 0 Å². The van der Waals surface area contributed by atoms with Crippen LogP contribution in [0.25, 0.3) is 0 Å². The van der Waals surface area contributed by atoms with Gasteiger partial charge in [0.15, 0.2) is 0 Å². The average molecular weight is 255 g/mol. The maximum atomic E-state index is 8.80. The summed E-state index contributed by atoms with van der Waals surface area (Å²) in [5.74, 6) is 0.569. The molecule has 14 heavy (non-hydrogen) atoms. The van der Waals surface area contributed by atoms with E-state index < -0.39 is 0 Å². The van der Waals surface area contributed by atoms with E-state index in [-0.39, 0.29) is 6.04 Å². The van der Waals surface area contributed by atoms with Gasteiger partial charge in [-0.15, -0.1) is 0 Å². The number of hydrogen-bond acceptors (Lipinski definition) is 3. The Morgan fingerprint density at radius 2 is 2.36 bits per heavy atom. The van der Waals surface area contributed by atoms with Crippen LogP contribution in [-0.4, -0.2) is 12.6 Å². The minimum absolute atomic E-state index is 0.0412. The zero-order chi connectivity index (χ0) is 10.6. The van der Waals surface area contributed by atoms with E-state index in [9.17, 15) is 0 Å². The lowest BCUT2D eigenvalue weighted by atomic mass is 10.2. The Morgan fingerprint density at radius 3 is 2.93 bits per heavy atom. The molecule has 0 aliphatic heterocycles. The molecule has 0 amide bonds. The lowest BCUT2D eigenvalue weighted by Crippen LogP contribution is -2.23. The first kappa shape index (κ1) is 11.0. The number of halogens is 1. The first-order chi connectivity index (χ1) is 6.63. The molecule has 2 N–H and O–H groups in total. The Bertz CT molecular complexity index is 358. The molecule has 1 aromatic rings. The van der Waals surface area contributed by atoms with Gasteiger partial charge in [0, 0.05) is 10.5 Å². The number of nitriles is 1. The number of hydrogen-bond donors (Lipinski definition) is 1. The lowest BCUT2D eigenvalue weighted by Gasteiger charge is -2.10. The van der Waals surface area contributed by atoms with Crippen molar-refractivity contribution in [2.75, 3.05) is 6.61 Å².